The summed E-state index contributed by atoms with van der Waals surface area (Å²) in [5.74, 6) is 0.665. The molecule has 1 aliphatic carbocycles. The molecule has 1 aromatic heterocycles. The number of nitrogens with one attached hydrogen (secondary N) is 1. The molecule has 1 aromatic carbocycles. The van der Waals surface area contributed by atoms with E-state index in [4.69, 9.17) is 0 Å². The molecule has 1 aliphatic rings. The Balaban J connectivity index is 1.89. The van der Waals surface area contributed by atoms with Crippen molar-refractivity contribution in [2.75, 3.05) is 7.05 Å². The van der Waals surface area contributed by atoms with Gasteiger partial charge in [-0.15, -0.1) is 11.3 Å². The first-order valence-corrected chi connectivity index (χ1v) is 7.54. The predicted octanol–water partition coefficient (Wildman–Crippen LogP) is 4.53. The molecule has 0 spiro atoms. The van der Waals surface area contributed by atoms with Crippen molar-refractivity contribution in [1.29, 1.82) is 0 Å². The lowest BCUT2D eigenvalue weighted by Crippen LogP contribution is -2.16. The van der Waals surface area contributed by atoms with Gasteiger partial charge in [0.15, 0.2) is 0 Å². The maximum Gasteiger partial charge on any atom is 0.126 e. The Hall–Kier alpha value is -1.19. The van der Waals surface area contributed by atoms with E-state index in [-0.39, 0.29) is 5.82 Å². The summed E-state index contributed by atoms with van der Waals surface area (Å²) in [5.41, 5.74) is 1.82. The highest BCUT2D eigenvalue weighted by Crippen LogP contribution is 2.44. The molecule has 1 unspecified atom stereocenters. The Kier molecular flexibility index (Phi) is 3.42. The minimum atomic E-state index is -0.133. The fraction of sp³-hybridized carbons (Fsp3) is 0.375. The van der Waals surface area contributed by atoms with Crippen LogP contribution in [0.15, 0.2) is 30.3 Å². The van der Waals surface area contributed by atoms with Crippen LogP contribution in [0.1, 0.15) is 29.3 Å². The number of benzene rings is 1. The largest absolute Gasteiger partial charge is 0.312 e. The Morgan fingerprint density at radius 1 is 1.26 bits per heavy atom. The van der Waals surface area contributed by atoms with Crippen molar-refractivity contribution >= 4 is 11.3 Å². The van der Waals surface area contributed by atoms with Gasteiger partial charge in [-0.1, -0.05) is 6.07 Å². The molecule has 0 bridgehead atoms. The second kappa shape index (κ2) is 5.06. The molecule has 0 amide bonds. The highest BCUT2D eigenvalue weighted by Gasteiger charge is 2.32. The first kappa shape index (κ1) is 12.8. The van der Waals surface area contributed by atoms with Crippen LogP contribution in [0, 0.1) is 18.7 Å². The van der Waals surface area contributed by atoms with Gasteiger partial charge in [0.05, 0.1) is 0 Å². The van der Waals surface area contributed by atoms with Gasteiger partial charge in [-0.05, 0) is 68.1 Å². The first-order chi connectivity index (χ1) is 9.19. The molecule has 1 saturated carbocycles. The van der Waals surface area contributed by atoms with E-state index in [1.54, 1.807) is 6.07 Å². The van der Waals surface area contributed by atoms with E-state index in [2.05, 4.69) is 17.4 Å². The van der Waals surface area contributed by atoms with Gasteiger partial charge in [0.2, 0.25) is 0 Å². The number of rotatable bonds is 4. The summed E-state index contributed by atoms with van der Waals surface area (Å²) < 4.78 is 13.3. The van der Waals surface area contributed by atoms with Crippen LogP contribution in [-0.2, 0) is 0 Å². The SMILES string of the molecule is CNC(c1ccc(-c2ccc(F)c(C)c2)s1)C1CC1. The second-order valence-electron chi connectivity index (χ2n) is 5.27. The molecule has 0 aliphatic heterocycles. The lowest BCUT2D eigenvalue weighted by molar-refractivity contribution is 0.537. The molecule has 3 rings (SSSR count). The van der Waals surface area contributed by atoms with Crippen molar-refractivity contribution in [3.05, 3.63) is 46.6 Å². The van der Waals surface area contributed by atoms with Crippen molar-refractivity contribution in [3.63, 3.8) is 0 Å². The zero-order valence-electron chi connectivity index (χ0n) is 11.2. The zero-order valence-corrected chi connectivity index (χ0v) is 12.1. The molecule has 1 fully saturated rings. The minimum Gasteiger partial charge on any atom is -0.312 e. The standard InChI is InChI=1S/C16H18FNS/c1-10-9-12(5-6-13(10)17)14-7-8-15(19-14)16(18-2)11-3-4-11/h5-9,11,16,18H,3-4H2,1-2H3. The predicted molar refractivity (Wildman–Crippen MR) is 79.0 cm³/mol. The maximum absolute atomic E-state index is 13.3. The normalized spacial score (nSPS) is 16.6. The van der Waals surface area contributed by atoms with Crippen LogP contribution in [0.2, 0.25) is 0 Å². The first-order valence-electron chi connectivity index (χ1n) is 6.72. The molecule has 100 valence electrons. The summed E-state index contributed by atoms with van der Waals surface area (Å²) in [7, 11) is 2.03. The monoisotopic (exact) mass is 275 g/mol. The number of hydrogen-bond donors (Lipinski definition) is 1. The van der Waals surface area contributed by atoms with Gasteiger partial charge >= 0.3 is 0 Å². The van der Waals surface area contributed by atoms with Crippen LogP contribution >= 0.6 is 11.3 Å². The zero-order chi connectivity index (χ0) is 13.4. The van der Waals surface area contributed by atoms with Crippen molar-refractivity contribution < 1.29 is 4.39 Å². The van der Waals surface area contributed by atoms with E-state index >= 15 is 0 Å². The average Bonchev–Trinajstić information content (AvgIpc) is 3.11. The van der Waals surface area contributed by atoms with E-state index < -0.39 is 0 Å². The third-order valence-electron chi connectivity index (χ3n) is 3.78. The molecular weight excluding hydrogens is 257 g/mol. The number of hydrogen-bond acceptors (Lipinski definition) is 2. The third kappa shape index (κ3) is 2.58. The van der Waals surface area contributed by atoms with Crippen molar-refractivity contribution in [3.8, 4) is 10.4 Å². The van der Waals surface area contributed by atoms with E-state index in [0.717, 1.165) is 11.5 Å². The smallest absolute Gasteiger partial charge is 0.126 e. The summed E-state index contributed by atoms with van der Waals surface area (Å²) in [6, 6.07) is 10.2. The van der Waals surface area contributed by atoms with Crippen LogP contribution < -0.4 is 5.32 Å². The number of aryl methyl sites for hydroxylation is 1. The molecule has 19 heavy (non-hydrogen) atoms. The van der Waals surface area contributed by atoms with Crippen LogP contribution in [0.5, 0.6) is 0 Å². The lowest BCUT2D eigenvalue weighted by Gasteiger charge is -2.12. The van der Waals surface area contributed by atoms with Gasteiger partial charge in [-0.2, -0.15) is 0 Å². The van der Waals surface area contributed by atoms with Crippen LogP contribution in [0.4, 0.5) is 4.39 Å². The van der Waals surface area contributed by atoms with E-state index in [9.17, 15) is 4.39 Å². The van der Waals surface area contributed by atoms with E-state index in [1.165, 1.54) is 22.6 Å². The average molecular weight is 275 g/mol. The van der Waals surface area contributed by atoms with Gasteiger partial charge in [0, 0.05) is 15.8 Å². The summed E-state index contributed by atoms with van der Waals surface area (Å²) in [6.45, 7) is 1.81. The molecular formula is C16H18FNS. The molecule has 1 N–H and O–H groups in total. The minimum absolute atomic E-state index is 0.133. The molecule has 0 saturated heterocycles. The molecule has 1 heterocycles. The maximum atomic E-state index is 13.3. The Bertz CT molecular complexity index is 586. The van der Waals surface area contributed by atoms with E-state index in [0.29, 0.717) is 11.6 Å². The van der Waals surface area contributed by atoms with Crippen molar-refractivity contribution in [2.24, 2.45) is 5.92 Å². The summed E-state index contributed by atoms with van der Waals surface area (Å²) in [4.78, 5) is 2.61. The molecule has 0 radical (unpaired) electrons. The molecule has 2 aromatic rings. The number of thiophene rings is 1. The Labute approximate surface area is 117 Å². The molecule has 1 nitrogen and oxygen atoms in total. The fourth-order valence-corrected chi connectivity index (χ4v) is 3.72. The van der Waals surface area contributed by atoms with Gasteiger partial charge in [-0.3, -0.25) is 0 Å². The number of halogens is 1. The fourth-order valence-electron chi connectivity index (χ4n) is 2.51. The highest BCUT2D eigenvalue weighted by atomic mass is 32.1. The lowest BCUT2D eigenvalue weighted by atomic mass is 10.1. The Morgan fingerprint density at radius 2 is 2.05 bits per heavy atom. The van der Waals surface area contributed by atoms with Crippen molar-refractivity contribution in [2.45, 2.75) is 25.8 Å². The highest BCUT2D eigenvalue weighted by molar-refractivity contribution is 7.15. The van der Waals surface area contributed by atoms with Gasteiger partial charge in [0.1, 0.15) is 5.82 Å². The van der Waals surface area contributed by atoms with Gasteiger partial charge in [0.25, 0.3) is 0 Å². The quantitative estimate of drug-likeness (QED) is 0.864. The van der Waals surface area contributed by atoms with Crippen LogP contribution in [-0.4, -0.2) is 7.05 Å². The van der Waals surface area contributed by atoms with Gasteiger partial charge < -0.3 is 5.32 Å². The molecule has 1 atom stereocenters. The van der Waals surface area contributed by atoms with Gasteiger partial charge in [-0.25, -0.2) is 4.39 Å². The second-order valence-corrected chi connectivity index (χ2v) is 6.39. The van der Waals surface area contributed by atoms with E-state index in [1.807, 2.05) is 37.4 Å². The van der Waals surface area contributed by atoms with Crippen LogP contribution in [0.3, 0.4) is 0 Å². The summed E-state index contributed by atoms with van der Waals surface area (Å²) in [5, 5.41) is 3.42. The third-order valence-corrected chi connectivity index (χ3v) is 5.00. The summed E-state index contributed by atoms with van der Waals surface area (Å²) in [6.07, 6.45) is 2.66. The molecule has 3 heteroatoms. The van der Waals surface area contributed by atoms with Crippen molar-refractivity contribution in [1.82, 2.24) is 5.32 Å². The topological polar surface area (TPSA) is 12.0 Å². The Morgan fingerprint density at radius 3 is 2.68 bits per heavy atom. The van der Waals surface area contributed by atoms with Crippen LogP contribution in [0.25, 0.3) is 10.4 Å². The summed E-state index contributed by atoms with van der Waals surface area (Å²) >= 11 is 1.82.